The van der Waals surface area contributed by atoms with Gasteiger partial charge in [0.15, 0.2) is 0 Å². The van der Waals surface area contributed by atoms with Crippen LogP contribution in [0.25, 0.3) is 10.8 Å². The number of aromatic nitrogens is 1. The molecule has 0 amide bonds. The van der Waals surface area contributed by atoms with Gasteiger partial charge >= 0.3 is 0 Å². The minimum atomic E-state index is -0.449. The second-order valence-corrected chi connectivity index (χ2v) is 6.94. The first-order valence-corrected chi connectivity index (χ1v) is 7.54. The Morgan fingerprint density at radius 1 is 1.27 bits per heavy atom. The van der Waals surface area contributed by atoms with Crippen LogP contribution in [0.2, 0.25) is 0 Å². The number of hydrogen-bond acceptors (Lipinski definition) is 3. The Balaban J connectivity index is 2.49. The summed E-state index contributed by atoms with van der Waals surface area (Å²) in [6, 6.07) is 7.89. The molecule has 0 aliphatic carbocycles. The number of aliphatic hydroxyl groups is 1. The van der Waals surface area contributed by atoms with Gasteiger partial charge in [0.1, 0.15) is 11.5 Å². The van der Waals surface area contributed by atoms with Gasteiger partial charge in [-0.05, 0) is 22.9 Å². The van der Waals surface area contributed by atoms with Crippen LogP contribution in [-0.4, -0.2) is 15.9 Å². The largest absolute Gasteiger partial charge is 0.512 e. The average molecular weight is 297 g/mol. The van der Waals surface area contributed by atoms with Crippen molar-refractivity contribution in [1.82, 2.24) is 4.98 Å². The molecule has 1 aromatic carbocycles. The molecular formula is C19H23NO2. The number of pyridine rings is 1. The second-order valence-electron chi connectivity index (χ2n) is 6.94. The number of fused-ring (bicyclic) bond motifs is 1. The first kappa shape index (κ1) is 16.2. The Kier molecular flexibility index (Phi) is 4.36. The van der Waals surface area contributed by atoms with E-state index in [1.165, 1.54) is 11.6 Å². The smallest absolute Gasteiger partial charge is 0.207 e. The van der Waals surface area contributed by atoms with E-state index < -0.39 is 5.41 Å². The van der Waals surface area contributed by atoms with Crippen molar-refractivity contribution in [3.05, 3.63) is 53.6 Å². The van der Waals surface area contributed by atoms with E-state index in [0.29, 0.717) is 11.6 Å². The zero-order valence-electron chi connectivity index (χ0n) is 13.8. The average Bonchev–Trinajstić information content (AvgIpc) is 2.44. The molecule has 0 spiro atoms. The van der Waals surface area contributed by atoms with Crippen LogP contribution >= 0.6 is 0 Å². The molecule has 0 atom stereocenters. The highest BCUT2D eigenvalue weighted by Gasteiger charge is 2.18. The Bertz CT molecular complexity index is 737. The molecule has 0 fully saturated rings. The number of aliphatic hydroxyl groups excluding tert-OH is 1. The Morgan fingerprint density at radius 2 is 1.95 bits per heavy atom. The fraction of sp³-hybridized carbons (Fsp3) is 0.368. The van der Waals surface area contributed by atoms with Crippen molar-refractivity contribution in [1.29, 1.82) is 0 Å². The summed E-state index contributed by atoms with van der Waals surface area (Å²) < 4.78 is 0. The third-order valence-corrected chi connectivity index (χ3v) is 3.71. The summed E-state index contributed by atoms with van der Waals surface area (Å²) in [7, 11) is 0. The lowest BCUT2D eigenvalue weighted by molar-refractivity contribution is 0.103. The van der Waals surface area contributed by atoms with Crippen LogP contribution in [0.3, 0.4) is 0 Å². The van der Waals surface area contributed by atoms with Crippen molar-refractivity contribution in [2.24, 2.45) is 5.41 Å². The summed E-state index contributed by atoms with van der Waals surface area (Å²) >= 11 is 0. The van der Waals surface area contributed by atoms with Crippen molar-refractivity contribution >= 4 is 16.6 Å². The molecule has 0 aliphatic rings. The first-order chi connectivity index (χ1) is 10.2. The Labute approximate surface area is 131 Å². The molecule has 22 heavy (non-hydrogen) atoms. The van der Waals surface area contributed by atoms with Crippen LogP contribution in [0, 0.1) is 5.41 Å². The van der Waals surface area contributed by atoms with Gasteiger partial charge in [-0.2, -0.15) is 0 Å². The Morgan fingerprint density at radius 3 is 2.55 bits per heavy atom. The van der Waals surface area contributed by atoms with Gasteiger partial charge in [-0.15, -0.1) is 0 Å². The van der Waals surface area contributed by atoms with Gasteiger partial charge < -0.3 is 5.11 Å². The van der Waals surface area contributed by atoms with Crippen molar-refractivity contribution in [2.75, 3.05) is 0 Å². The number of ketones is 1. The van der Waals surface area contributed by atoms with E-state index in [2.05, 4.69) is 24.9 Å². The van der Waals surface area contributed by atoms with E-state index in [9.17, 15) is 9.90 Å². The van der Waals surface area contributed by atoms with Crippen molar-refractivity contribution in [2.45, 2.75) is 40.5 Å². The molecule has 1 heterocycles. The maximum Gasteiger partial charge on any atom is 0.207 e. The second kappa shape index (κ2) is 5.91. The zero-order chi connectivity index (χ0) is 16.5. The van der Waals surface area contributed by atoms with Crippen LogP contribution in [-0.2, 0) is 0 Å². The van der Waals surface area contributed by atoms with Gasteiger partial charge in [0, 0.05) is 23.1 Å². The molecule has 2 rings (SSSR count). The number of rotatable bonds is 3. The molecule has 2 aromatic rings. The van der Waals surface area contributed by atoms with Gasteiger partial charge in [-0.1, -0.05) is 52.8 Å². The maximum atomic E-state index is 12.3. The third kappa shape index (κ3) is 3.35. The predicted molar refractivity (Wildman–Crippen MR) is 90.3 cm³/mol. The van der Waals surface area contributed by atoms with Crippen LogP contribution in [0.1, 0.15) is 56.6 Å². The lowest BCUT2D eigenvalue weighted by Crippen LogP contribution is -2.11. The lowest BCUT2D eigenvalue weighted by atomic mass is 9.92. The van der Waals surface area contributed by atoms with E-state index in [0.717, 1.165) is 10.8 Å². The number of carbonyl (C=O) groups is 1. The van der Waals surface area contributed by atoms with Gasteiger partial charge in [-0.25, -0.2) is 0 Å². The zero-order valence-corrected chi connectivity index (χ0v) is 13.8. The number of carbonyl (C=O) groups excluding carboxylic acids is 1. The molecule has 0 bridgehead atoms. The minimum Gasteiger partial charge on any atom is -0.512 e. The fourth-order valence-electron chi connectivity index (χ4n) is 2.25. The molecule has 0 radical (unpaired) electrons. The molecule has 0 aliphatic heterocycles. The molecule has 1 N–H and O–H groups in total. The van der Waals surface area contributed by atoms with E-state index >= 15 is 0 Å². The topological polar surface area (TPSA) is 50.2 Å². The van der Waals surface area contributed by atoms with Crippen LogP contribution < -0.4 is 0 Å². The summed E-state index contributed by atoms with van der Waals surface area (Å²) in [5.74, 6) is 0.164. The van der Waals surface area contributed by atoms with Crippen LogP contribution in [0.4, 0.5) is 0 Å². The number of nitrogens with zero attached hydrogens (tertiary/aromatic N) is 1. The lowest BCUT2D eigenvalue weighted by Gasteiger charge is -2.16. The minimum absolute atomic E-state index is 0.0662. The fourth-order valence-corrected chi connectivity index (χ4v) is 2.25. The molecule has 116 valence electrons. The highest BCUT2D eigenvalue weighted by molar-refractivity contribution is 6.05. The molecule has 0 unspecified atom stereocenters. The highest BCUT2D eigenvalue weighted by atomic mass is 16.3. The normalized spacial score (nSPS) is 12.9. The van der Waals surface area contributed by atoms with E-state index in [-0.39, 0.29) is 11.5 Å². The standard InChI is InChI=1S/C19H23NO2/c1-12(2)14-8-6-7-13-11-20-16(9-15(13)14)17(21)10-18(22)19(3,4)5/h6-12,22H,1-5H3/b18-10-. The maximum absolute atomic E-state index is 12.3. The quantitative estimate of drug-likeness (QED) is 0.491. The molecule has 1 aromatic heterocycles. The molecule has 0 saturated carbocycles. The number of benzene rings is 1. The van der Waals surface area contributed by atoms with E-state index in [4.69, 9.17) is 0 Å². The van der Waals surface area contributed by atoms with E-state index in [1.807, 2.05) is 39.0 Å². The summed E-state index contributed by atoms with van der Waals surface area (Å²) in [6.45, 7) is 9.83. The predicted octanol–water partition coefficient (Wildman–Crippen LogP) is 5.03. The van der Waals surface area contributed by atoms with E-state index in [1.54, 1.807) is 6.20 Å². The summed E-state index contributed by atoms with van der Waals surface area (Å²) in [5, 5.41) is 12.0. The summed E-state index contributed by atoms with van der Waals surface area (Å²) in [6.07, 6.45) is 2.99. The molecule has 0 saturated heterocycles. The van der Waals surface area contributed by atoms with Crippen molar-refractivity contribution < 1.29 is 9.90 Å². The molecular weight excluding hydrogens is 274 g/mol. The number of allylic oxidation sites excluding steroid dienone is 2. The third-order valence-electron chi connectivity index (χ3n) is 3.71. The first-order valence-electron chi connectivity index (χ1n) is 7.54. The van der Waals surface area contributed by atoms with Crippen LogP contribution in [0.15, 0.2) is 42.3 Å². The van der Waals surface area contributed by atoms with Crippen molar-refractivity contribution in [3.63, 3.8) is 0 Å². The number of hydrogen-bond donors (Lipinski definition) is 1. The van der Waals surface area contributed by atoms with Crippen molar-refractivity contribution in [3.8, 4) is 0 Å². The Hall–Kier alpha value is -2.16. The van der Waals surface area contributed by atoms with Gasteiger partial charge in [0.05, 0.1) is 0 Å². The SMILES string of the molecule is CC(C)c1cccc2cnc(C(=O)/C=C(\O)C(C)(C)C)cc12. The highest BCUT2D eigenvalue weighted by Crippen LogP contribution is 2.26. The van der Waals surface area contributed by atoms with Gasteiger partial charge in [0.2, 0.25) is 5.78 Å². The molecule has 3 heteroatoms. The summed E-state index contributed by atoms with van der Waals surface area (Å²) in [5.41, 5.74) is 1.10. The van der Waals surface area contributed by atoms with Gasteiger partial charge in [0.25, 0.3) is 0 Å². The van der Waals surface area contributed by atoms with Gasteiger partial charge in [-0.3, -0.25) is 9.78 Å². The van der Waals surface area contributed by atoms with Crippen LogP contribution in [0.5, 0.6) is 0 Å². The molecule has 3 nitrogen and oxygen atoms in total. The summed E-state index contributed by atoms with van der Waals surface area (Å²) in [4.78, 5) is 16.6. The monoisotopic (exact) mass is 297 g/mol.